The molecule has 2 rings (SSSR count). The van der Waals surface area contributed by atoms with Gasteiger partial charge in [0.1, 0.15) is 0 Å². The lowest BCUT2D eigenvalue weighted by molar-refractivity contribution is 0.873. The summed E-state index contributed by atoms with van der Waals surface area (Å²) < 4.78 is 0. The van der Waals surface area contributed by atoms with Gasteiger partial charge in [0, 0.05) is 18.0 Å². The Morgan fingerprint density at radius 2 is 2.24 bits per heavy atom. The summed E-state index contributed by atoms with van der Waals surface area (Å²) >= 11 is 0. The second-order valence-corrected chi connectivity index (χ2v) is 3.69. The fourth-order valence-corrected chi connectivity index (χ4v) is 1.61. The molecule has 0 saturated heterocycles. The SMILES string of the molecule is CCCc1nc(-c2cccnc2)cnc1NN. The number of rotatable bonds is 4. The van der Waals surface area contributed by atoms with Gasteiger partial charge in [0.2, 0.25) is 0 Å². The van der Waals surface area contributed by atoms with Crippen LogP contribution in [0.3, 0.4) is 0 Å². The van der Waals surface area contributed by atoms with Crippen molar-refractivity contribution < 1.29 is 0 Å². The van der Waals surface area contributed by atoms with Gasteiger partial charge in [0.25, 0.3) is 0 Å². The minimum atomic E-state index is 0.638. The third-order valence-electron chi connectivity index (χ3n) is 2.43. The van der Waals surface area contributed by atoms with Crippen molar-refractivity contribution in [2.45, 2.75) is 19.8 Å². The van der Waals surface area contributed by atoms with Crippen molar-refractivity contribution in [3.05, 3.63) is 36.4 Å². The van der Waals surface area contributed by atoms with Gasteiger partial charge in [-0.25, -0.2) is 15.8 Å². The number of hydrazine groups is 1. The number of nitrogens with two attached hydrogens (primary N) is 1. The Hall–Kier alpha value is -2.01. The number of nitrogens with zero attached hydrogens (tertiary/aromatic N) is 3. The van der Waals surface area contributed by atoms with Gasteiger partial charge in [-0.3, -0.25) is 4.98 Å². The maximum absolute atomic E-state index is 5.40. The first-order valence-corrected chi connectivity index (χ1v) is 5.58. The van der Waals surface area contributed by atoms with Crippen molar-refractivity contribution >= 4 is 5.82 Å². The molecule has 5 nitrogen and oxygen atoms in total. The quantitative estimate of drug-likeness (QED) is 0.617. The molecule has 0 fully saturated rings. The van der Waals surface area contributed by atoms with Crippen LogP contribution in [0.2, 0.25) is 0 Å². The van der Waals surface area contributed by atoms with Crippen LogP contribution in [-0.4, -0.2) is 15.0 Å². The van der Waals surface area contributed by atoms with Crippen LogP contribution in [-0.2, 0) is 6.42 Å². The van der Waals surface area contributed by atoms with Crippen molar-refractivity contribution in [2.24, 2.45) is 5.84 Å². The predicted molar refractivity (Wildman–Crippen MR) is 67.1 cm³/mol. The zero-order valence-corrected chi connectivity index (χ0v) is 9.72. The van der Waals surface area contributed by atoms with Crippen LogP contribution in [0.1, 0.15) is 19.0 Å². The highest BCUT2D eigenvalue weighted by molar-refractivity contribution is 5.58. The number of pyridine rings is 1. The molecule has 88 valence electrons. The van der Waals surface area contributed by atoms with Gasteiger partial charge in [0.05, 0.1) is 17.6 Å². The van der Waals surface area contributed by atoms with Crippen LogP contribution in [0.5, 0.6) is 0 Å². The molecule has 0 aliphatic carbocycles. The summed E-state index contributed by atoms with van der Waals surface area (Å²) in [4.78, 5) is 12.9. The van der Waals surface area contributed by atoms with Crippen molar-refractivity contribution in [1.82, 2.24) is 15.0 Å². The minimum Gasteiger partial charge on any atom is -0.307 e. The molecule has 0 amide bonds. The number of hydrogen-bond acceptors (Lipinski definition) is 5. The number of anilines is 1. The summed E-state index contributed by atoms with van der Waals surface area (Å²) in [5.41, 5.74) is 5.23. The molecule has 0 spiro atoms. The predicted octanol–water partition coefficient (Wildman–Crippen LogP) is 1.78. The molecule has 0 bridgehead atoms. The topological polar surface area (TPSA) is 76.7 Å². The summed E-state index contributed by atoms with van der Waals surface area (Å²) in [5.74, 6) is 6.04. The summed E-state index contributed by atoms with van der Waals surface area (Å²) in [6.07, 6.45) is 7.06. The largest absolute Gasteiger partial charge is 0.307 e. The van der Waals surface area contributed by atoms with E-state index in [2.05, 4.69) is 27.3 Å². The maximum atomic E-state index is 5.40. The molecule has 2 heterocycles. The van der Waals surface area contributed by atoms with Crippen LogP contribution in [0.4, 0.5) is 5.82 Å². The normalized spacial score (nSPS) is 10.2. The summed E-state index contributed by atoms with van der Waals surface area (Å²) in [7, 11) is 0. The molecule has 0 aromatic carbocycles. The van der Waals surface area contributed by atoms with E-state index in [1.807, 2.05) is 12.1 Å². The molecular weight excluding hydrogens is 214 g/mol. The van der Waals surface area contributed by atoms with E-state index in [0.29, 0.717) is 5.82 Å². The van der Waals surface area contributed by atoms with Crippen LogP contribution < -0.4 is 11.3 Å². The smallest absolute Gasteiger partial charge is 0.161 e. The summed E-state index contributed by atoms with van der Waals surface area (Å²) in [6, 6.07) is 3.84. The lowest BCUT2D eigenvalue weighted by Crippen LogP contribution is -2.12. The van der Waals surface area contributed by atoms with E-state index in [1.165, 1.54) is 0 Å². The Morgan fingerprint density at radius 1 is 1.35 bits per heavy atom. The van der Waals surface area contributed by atoms with Gasteiger partial charge < -0.3 is 5.43 Å². The fraction of sp³-hybridized carbons (Fsp3) is 0.250. The van der Waals surface area contributed by atoms with Crippen LogP contribution in [0.25, 0.3) is 11.3 Å². The average Bonchev–Trinajstić information content (AvgIpc) is 2.40. The summed E-state index contributed by atoms with van der Waals surface area (Å²) in [5, 5.41) is 0. The Morgan fingerprint density at radius 3 is 2.88 bits per heavy atom. The molecule has 0 saturated carbocycles. The Kier molecular flexibility index (Phi) is 3.62. The molecule has 0 aliphatic heterocycles. The van der Waals surface area contributed by atoms with Gasteiger partial charge in [-0.2, -0.15) is 0 Å². The molecule has 0 atom stereocenters. The molecule has 2 aromatic rings. The van der Waals surface area contributed by atoms with E-state index in [-0.39, 0.29) is 0 Å². The average molecular weight is 229 g/mol. The highest BCUT2D eigenvalue weighted by atomic mass is 15.3. The van der Waals surface area contributed by atoms with Crippen LogP contribution >= 0.6 is 0 Å². The van der Waals surface area contributed by atoms with Crippen LogP contribution in [0.15, 0.2) is 30.7 Å². The monoisotopic (exact) mass is 229 g/mol. The Balaban J connectivity index is 2.40. The first-order chi connectivity index (χ1) is 8.35. The second kappa shape index (κ2) is 5.36. The van der Waals surface area contributed by atoms with Gasteiger partial charge in [-0.15, -0.1) is 0 Å². The van der Waals surface area contributed by atoms with Gasteiger partial charge in [0.15, 0.2) is 5.82 Å². The lowest BCUT2D eigenvalue weighted by atomic mass is 10.2. The van der Waals surface area contributed by atoms with Crippen molar-refractivity contribution in [1.29, 1.82) is 0 Å². The zero-order chi connectivity index (χ0) is 12.1. The fourth-order valence-electron chi connectivity index (χ4n) is 1.61. The standard InChI is InChI=1S/C12H15N5/c1-2-4-10-12(17-13)15-8-11(16-10)9-5-3-6-14-7-9/h3,5-8H,2,4,13H2,1H3,(H,15,17). The summed E-state index contributed by atoms with van der Waals surface area (Å²) in [6.45, 7) is 2.10. The third kappa shape index (κ3) is 2.57. The molecular formula is C12H15N5. The molecule has 0 radical (unpaired) electrons. The number of aromatic nitrogens is 3. The van der Waals surface area contributed by atoms with Gasteiger partial charge in [-0.1, -0.05) is 13.3 Å². The number of nitrogen functional groups attached to an aromatic ring is 1. The van der Waals surface area contributed by atoms with E-state index in [4.69, 9.17) is 5.84 Å². The molecule has 2 aromatic heterocycles. The Labute approximate surface area is 100 Å². The highest BCUT2D eigenvalue weighted by Crippen LogP contribution is 2.18. The molecule has 3 N–H and O–H groups in total. The van der Waals surface area contributed by atoms with Crippen LogP contribution in [0, 0.1) is 0 Å². The second-order valence-electron chi connectivity index (χ2n) is 3.69. The van der Waals surface area contributed by atoms with Gasteiger partial charge in [-0.05, 0) is 18.6 Å². The molecule has 0 unspecified atom stereocenters. The number of nitrogens with one attached hydrogen (secondary N) is 1. The highest BCUT2D eigenvalue weighted by Gasteiger charge is 2.07. The third-order valence-corrected chi connectivity index (χ3v) is 2.43. The maximum Gasteiger partial charge on any atom is 0.161 e. The number of hydrogen-bond donors (Lipinski definition) is 2. The van der Waals surface area contributed by atoms with Crippen molar-refractivity contribution in [3.63, 3.8) is 0 Å². The van der Waals surface area contributed by atoms with Crippen molar-refractivity contribution in [3.8, 4) is 11.3 Å². The first kappa shape index (κ1) is 11.5. The lowest BCUT2D eigenvalue weighted by Gasteiger charge is -2.08. The van der Waals surface area contributed by atoms with E-state index < -0.39 is 0 Å². The van der Waals surface area contributed by atoms with E-state index >= 15 is 0 Å². The van der Waals surface area contributed by atoms with E-state index in [9.17, 15) is 0 Å². The molecule has 5 heteroatoms. The Bertz CT molecular complexity index is 484. The molecule has 0 aliphatic rings. The zero-order valence-electron chi connectivity index (χ0n) is 9.72. The molecule has 17 heavy (non-hydrogen) atoms. The van der Waals surface area contributed by atoms with E-state index in [1.54, 1.807) is 18.6 Å². The minimum absolute atomic E-state index is 0.638. The van der Waals surface area contributed by atoms with E-state index in [0.717, 1.165) is 29.8 Å². The van der Waals surface area contributed by atoms with Crippen molar-refractivity contribution in [2.75, 3.05) is 5.43 Å². The first-order valence-electron chi connectivity index (χ1n) is 5.58. The number of aryl methyl sites for hydroxylation is 1. The van der Waals surface area contributed by atoms with Gasteiger partial charge >= 0.3 is 0 Å².